The fraction of sp³-hybridized carbons (Fsp3) is 0.565. The number of carbonyl (C=O) groups is 2. The first-order chi connectivity index (χ1) is 15.7. The van der Waals surface area contributed by atoms with E-state index in [4.69, 9.17) is 5.73 Å². The van der Waals surface area contributed by atoms with Gasteiger partial charge in [-0.05, 0) is 31.7 Å². The molecule has 1 atom stereocenters. The number of nitrogens with one attached hydrogen (secondary N) is 1. The first kappa shape index (κ1) is 23.0. The summed E-state index contributed by atoms with van der Waals surface area (Å²) in [5.41, 5.74) is 5.60. The average molecular weight is 456 g/mol. The highest BCUT2D eigenvalue weighted by Crippen LogP contribution is 2.44. The Bertz CT molecular complexity index is 1010. The highest BCUT2D eigenvalue weighted by Gasteiger charge is 2.49. The number of hydrogen-bond donors (Lipinski definition) is 2. The van der Waals surface area contributed by atoms with Crippen LogP contribution in [0.4, 0.5) is 10.1 Å². The molecule has 176 valence electrons. The van der Waals surface area contributed by atoms with Gasteiger partial charge in [-0.1, -0.05) is 13.3 Å². The number of hydrogen-bond acceptors (Lipinski definition) is 7. The Hall–Kier alpha value is -3.19. The number of nitrogens with two attached hydrogens (primary N) is 1. The molecule has 1 aromatic rings. The number of carbonyl (C=O) groups excluding carboxylic acids is 2. The summed E-state index contributed by atoms with van der Waals surface area (Å²) in [5.74, 6) is -1.05. The lowest BCUT2D eigenvalue weighted by molar-refractivity contribution is -0.151. The van der Waals surface area contributed by atoms with Gasteiger partial charge in [-0.3, -0.25) is 9.59 Å². The van der Waals surface area contributed by atoms with Crippen LogP contribution in [-0.2, 0) is 9.59 Å². The summed E-state index contributed by atoms with van der Waals surface area (Å²) >= 11 is 0. The van der Waals surface area contributed by atoms with Gasteiger partial charge in [0.15, 0.2) is 0 Å². The number of nitriles is 1. The van der Waals surface area contributed by atoms with Crippen LogP contribution in [-0.4, -0.2) is 63.6 Å². The van der Waals surface area contributed by atoms with Crippen LogP contribution in [0.15, 0.2) is 30.1 Å². The summed E-state index contributed by atoms with van der Waals surface area (Å²) < 4.78 is 13.6. The molecule has 0 bridgehead atoms. The van der Waals surface area contributed by atoms with Crippen LogP contribution in [0.25, 0.3) is 0 Å². The van der Waals surface area contributed by atoms with Crippen molar-refractivity contribution in [2.24, 2.45) is 11.1 Å². The number of halogens is 1. The lowest BCUT2D eigenvalue weighted by Crippen LogP contribution is -2.60. The molecular weight excluding hydrogens is 425 g/mol. The van der Waals surface area contributed by atoms with E-state index in [9.17, 15) is 19.2 Å². The fourth-order valence-corrected chi connectivity index (χ4v) is 5.17. The van der Waals surface area contributed by atoms with Crippen molar-refractivity contribution in [2.45, 2.75) is 57.2 Å². The Balaban J connectivity index is 1.55. The molecule has 10 heteroatoms. The molecule has 0 spiro atoms. The van der Waals surface area contributed by atoms with Gasteiger partial charge in [0.1, 0.15) is 6.17 Å². The van der Waals surface area contributed by atoms with Gasteiger partial charge in [0.2, 0.25) is 17.8 Å². The third-order valence-corrected chi connectivity index (χ3v) is 7.43. The van der Waals surface area contributed by atoms with Gasteiger partial charge in [0.05, 0.1) is 23.6 Å². The van der Waals surface area contributed by atoms with Gasteiger partial charge < -0.3 is 21.0 Å². The molecule has 3 aliphatic rings. The normalized spacial score (nSPS) is 23.9. The van der Waals surface area contributed by atoms with Crippen LogP contribution in [0.1, 0.15) is 45.4 Å². The van der Waals surface area contributed by atoms with Crippen LogP contribution in [0.5, 0.6) is 0 Å². The molecule has 9 nitrogen and oxygen atoms in total. The summed E-state index contributed by atoms with van der Waals surface area (Å²) in [6, 6.07) is 5.14. The van der Waals surface area contributed by atoms with Crippen LogP contribution in [0.2, 0.25) is 0 Å². The third-order valence-electron chi connectivity index (χ3n) is 7.43. The van der Waals surface area contributed by atoms with E-state index in [2.05, 4.69) is 16.4 Å². The molecular formula is C23H30FN7O2. The second kappa shape index (κ2) is 8.63. The van der Waals surface area contributed by atoms with Crippen LogP contribution in [0, 0.1) is 22.7 Å². The molecule has 3 heterocycles. The highest BCUT2D eigenvalue weighted by atomic mass is 19.1. The number of hydrazine groups is 1. The molecule has 1 aliphatic carbocycles. The van der Waals surface area contributed by atoms with Gasteiger partial charge in [-0.2, -0.15) is 14.7 Å². The molecule has 0 radical (unpaired) electrons. The zero-order valence-corrected chi connectivity index (χ0v) is 19.1. The van der Waals surface area contributed by atoms with E-state index in [-0.39, 0.29) is 17.7 Å². The van der Waals surface area contributed by atoms with E-state index < -0.39 is 23.6 Å². The highest BCUT2D eigenvalue weighted by molar-refractivity contribution is 5.94. The number of primary amides is 1. The second-order valence-corrected chi connectivity index (χ2v) is 9.55. The Kier molecular flexibility index (Phi) is 6.01. The van der Waals surface area contributed by atoms with Crippen LogP contribution in [0.3, 0.4) is 0 Å². The summed E-state index contributed by atoms with van der Waals surface area (Å²) in [4.78, 5) is 30.7. The molecule has 0 aromatic carbocycles. The quantitative estimate of drug-likeness (QED) is 0.630. The number of aromatic nitrogens is 1. The number of anilines is 1. The predicted molar refractivity (Wildman–Crippen MR) is 119 cm³/mol. The van der Waals surface area contributed by atoms with E-state index in [1.54, 1.807) is 19.3 Å². The zero-order valence-electron chi connectivity index (χ0n) is 19.1. The maximum atomic E-state index is 13.6. The van der Waals surface area contributed by atoms with Gasteiger partial charge in [-0.15, -0.1) is 0 Å². The number of rotatable bonds is 6. The minimum absolute atomic E-state index is 0.196. The van der Waals surface area contributed by atoms with Gasteiger partial charge in [-0.25, -0.2) is 4.98 Å². The molecule has 3 N–H and O–H groups in total. The number of piperidine rings is 1. The van der Waals surface area contributed by atoms with Crippen LogP contribution < -0.4 is 11.1 Å². The summed E-state index contributed by atoms with van der Waals surface area (Å²) in [5, 5.41) is 16.5. The van der Waals surface area contributed by atoms with E-state index in [1.165, 1.54) is 12.3 Å². The molecule has 33 heavy (non-hydrogen) atoms. The Morgan fingerprint density at radius 1 is 1.33 bits per heavy atom. The standard InChI is InChI=1S/C23H30FN7O2/c1-22(5-3-6-22)21(33)30-12-8-23(7-10-25,9-13-30)31-15-17(19(26)32)20(29(31)2)28-16-4-11-27-18(24)14-16/h4,11,14-15,20H,3,5-9,12-13H2,1-2H3,(H2,26,32)(H,27,28). The lowest BCUT2D eigenvalue weighted by Gasteiger charge is -2.51. The monoisotopic (exact) mass is 455 g/mol. The molecule has 2 aliphatic heterocycles. The molecule has 1 saturated carbocycles. The zero-order chi connectivity index (χ0) is 23.8. The van der Waals surface area contributed by atoms with E-state index in [1.807, 2.05) is 21.8 Å². The van der Waals surface area contributed by atoms with E-state index >= 15 is 0 Å². The van der Waals surface area contributed by atoms with Crippen molar-refractivity contribution in [3.05, 3.63) is 36.1 Å². The molecule has 1 saturated heterocycles. The summed E-state index contributed by atoms with van der Waals surface area (Å²) in [6.45, 7) is 3.13. The van der Waals surface area contributed by atoms with Gasteiger partial charge >= 0.3 is 0 Å². The number of nitrogens with zero attached hydrogens (tertiary/aromatic N) is 5. The predicted octanol–water partition coefficient (Wildman–Crippen LogP) is 1.96. The minimum atomic E-state index is -0.639. The minimum Gasteiger partial charge on any atom is -0.366 e. The van der Waals surface area contributed by atoms with Crippen molar-refractivity contribution in [1.29, 1.82) is 5.26 Å². The van der Waals surface area contributed by atoms with Crippen LogP contribution >= 0.6 is 0 Å². The molecule has 4 rings (SSSR count). The Labute approximate surface area is 193 Å². The van der Waals surface area contributed by atoms with Crippen molar-refractivity contribution in [3.63, 3.8) is 0 Å². The van der Waals surface area contributed by atoms with E-state index in [0.717, 1.165) is 19.3 Å². The number of amides is 2. The van der Waals surface area contributed by atoms with Crippen molar-refractivity contribution < 1.29 is 14.0 Å². The first-order valence-electron chi connectivity index (χ1n) is 11.3. The lowest BCUT2D eigenvalue weighted by atomic mass is 9.69. The SMILES string of the molecule is CN1C(Nc2ccnc(F)c2)C(C(N)=O)=CN1C1(CC#N)CCN(C(=O)C2(C)CCC2)CC1. The fourth-order valence-electron chi connectivity index (χ4n) is 5.17. The summed E-state index contributed by atoms with van der Waals surface area (Å²) in [6.07, 6.45) is 6.73. The van der Waals surface area contributed by atoms with Gasteiger partial charge in [0.25, 0.3) is 0 Å². The van der Waals surface area contributed by atoms with E-state index in [0.29, 0.717) is 37.2 Å². The second-order valence-electron chi connectivity index (χ2n) is 9.55. The third kappa shape index (κ3) is 4.13. The average Bonchev–Trinajstić information content (AvgIpc) is 3.09. The van der Waals surface area contributed by atoms with Crippen molar-refractivity contribution >= 4 is 17.5 Å². The number of likely N-dealkylation sites (tertiary alicyclic amines) is 1. The maximum Gasteiger partial charge on any atom is 0.249 e. The van der Waals surface area contributed by atoms with Gasteiger partial charge in [0, 0.05) is 49.7 Å². The molecule has 2 amide bonds. The Morgan fingerprint density at radius 2 is 2.03 bits per heavy atom. The summed E-state index contributed by atoms with van der Waals surface area (Å²) in [7, 11) is 1.80. The van der Waals surface area contributed by atoms with Crippen molar-refractivity contribution in [3.8, 4) is 6.07 Å². The molecule has 2 fully saturated rings. The molecule has 1 aromatic heterocycles. The number of likely N-dealkylation sites (N-methyl/N-ethyl adjacent to an activating group) is 1. The smallest absolute Gasteiger partial charge is 0.249 e. The first-order valence-corrected chi connectivity index (χ1v) is 11.3. The van der Waals surface area contributed by atoms with Crippen molar-refractivity contribution in [1.82, 2.24) is 19.9 Å². The number of pyridine rings is 1. The largest absolute Gasteiger partial charge is 0.366 e. The molecule has 1 unspecified atom stereocenters. The topological polar surface area (TPSA) is 119 Å². The van der Waals surface area contributed by atoms with Crippen molar-refractivity contribution in [2.75, 3.05) is 25.5 Å². The maximum absolute atomic E-state index is 13.6. The Morgan fingerprint density at radius 3 is 2.58 bits per heavy atom.